The average Bonchev–Trinajstić information content (AvgIpc) is 3.27. The molecule has 6 heteroatoms. The molecular weight excluding hydrogens is 353 g/mol. The molecular formula is C22H26FN5. The van der Waals surface area contributed by atoms with Crippen molar-refractivity contribution in [3.63, 3.8) is 0 Å². The molecule has 5 nitrogen and oxygen atoms in total. The normalized spacial score (nSPS) is 18.1. The molecule has 2 aromatic carbocycles. The maximum absolute atomic E-state index is 14.0. The first-order valence-electron chi connectivity index (χ1n) is 10.1. The van der Waals surface area contributed by atoms with E-state index in [1.807, 2.05) is 18.2 Å². The van der Waals surface area contributed by atoms with Gasteiger partial charge in [-0.15, -0.1) is 5.10 Å². The summed E-state index contributed by atoms with van der Waals surface area (Å²) in [4.78, 5) is 7.77. The van der Waals surface area contributed by atoms with E-state index in [4.69, 9.17) is 0 Å². The quantitative estimate of drug-likeness (QED) is 0.696. The standard InChI is InChI=1S/C22H26FN5/c1-17-6-7-18-15-26(16-19(18)14-17)9-8-25-10-12-27(13-11-25)22-20-4-2-3-5-21(20)28(23)24-22/h2-7,14H,8-13,15-16H2,1H3. The number of halogens is 1. The fourth-order valence-electron chi connectivity index (χ4n) is 4.47. The van der Waals surface area contributed by atoms with Crippen molar-refractivity contribution in [3.8, 4) is 0 Å². The largest absolute Gasteiger partial charge is 0.352 e. The van der Waals surface area contributed by atoms with Crippen molar-refractivity contribution in [2.75, 3.05) is 44.2 Å². The Bertz CT molecular complexity index is 990. The Hall–Kier alpha value is -2.44. The van der Waals surface area contributed by atoms with Crippen molar-refractivity contribution in [2.24, 2.45) is 0 Å². The van der Waals surface area contributed by atoms with Crippen LogP contribution in [0.2, 0.25) is 0 Å². The molecule has 2 aliphatic rings. The Morgan fingerprint density at radius 3 is 2.50 bits per heavy atom. The van der Waals surface area contributed by atoms with Gasteiger partial charge < -0.3 is 4.90 Å². The number of aryl methyl sites for hydroxylation is 1. The highest BCUT2D eigenvalue weighted by molar-refractivity contribution is 5.90. The van der Waals surface area contributed by atoms with Gasteiger partial charge in [-0.05, 0) is 30.2 Å². The number of rotatable bonds is 4. The van der Waals surface area contributed by atoms with Crippen LogP contribution < -0.4 is 4.90 Å². The zero-order chi connectivity index (χ0) is 19.1. The number of fused-ring (bicyclic) bond motifs is 2. The lowest BCUT2D eigenvalue weighted by atomic mass is 10.1. The summed E-state index contributed by atoms with van der Waals surface area (Å²) in [6.07, 6.45) is 0. The van der Waals surface area contributed by atoms with Crippen LogP contribution in [0.4, 0.5) is 10.3 Å². The number of para-hydroxylation sites is 1. The van der Waals surface area contributed by atoms with Gasteiger partial charge in [0.15, 0.2) is 5.82 Å². The Labute approximate surface area is 164 Å². The molecule has 0 saturated carbocycles. The molecule has 1 fully saturated rings. The summed E-state index contributed by atoms with van der Waals surface area (Å²) in [6.45, 7) is 10.2. The lowest BCUT2D eigenvalue weighted by Crippen LogP contribution is -2.48. The van der Waals surface area contributed by atoms with Gasteiger partial charge >= 0.3 is 0 Å². The molecule has 2 aliphatic heterocycles. The lowest BCUT2D eigenvalue weighted by molar-refractivity contribution is 0.197. The molecule has 1 aromatic heterocycles. The summed E-state index contributed by atoms with van der Waals surface area (Å²) in [5, 5.41) is 5.02. The van der Waals surface area contributed by atoms with Gasteiger partial charge in [-0.1, -0.05) is 45.3 Å². The summed E-state index contributed by atoms with van der Waals surface area (Å²) in [5.74, 6) is 0.767. The van der Waals surface area contributed by atoms with Crippen molar-refractivity contribution in [2.45, 2.75) is 20.0 Å². The Morgan fingerprint density at radius 1 is 0.893 bits per heavy atom. The van der Waals surface area contributed by atoms with E-state index in [2.05, 4.69) is 44.9 Å². The Balaban J connectivity index is 1.16. The van der Waals surface area contributed by atoms with Gasteiger partial charge in [0.25, 0.3) is 0 Å². The second-order valence-corrected chi connectivity index (χ2v) is 8.01. The molecule has 3 heterocycles. The first-order chi connectivity index (χ1) is 13.7. The van der Waals surface area contributed by atoms with E-state index in [9.17, 15) is 4.48 Å². The van der Waals surface area contributed by atoms with Gasteiger partial charge in [0.2, 0.25) is 0 Å². The first-order valence-corrected chi connectivity index (χ1v) is 10.1. The Morgan fingerprint density at radius 2 is 1.64 bits per heavy atom. The smallest absolute Gasteiger partial charge is 0.161 e. The molecule has 0 spiro atoms. The zero-order valence-electron chi connectivity index (χ0n) is 16.3. The predicted octanol–water partition coefficient (Wildman–Crippen LogP) is 3.22. The van der Waals surface area contributed by atoms with Crippen LogP contribution in [-0.4, -0.2) is 59.1 Å². The van der Waals surface area contributed by atoms with Gasteiger partial charge in [0.1, 0.15) is 5.52 Å². The van der Waals surface area contributed by atoms with E-state index in [-0.39, 0.29) is 0 Å². The van der Waals surface area contributed by atoms with Crippen molar-refractivity contribution >= 4 is 16.7 Å². The minimum atomic E-state index is 0.504. The van der Waals surface area contributed by atoms with Gasteiger partial charge in [-0.3, -0.25) is 9.80 Å². The summed E-state index contributed by atoms with van der Waals surface area (Å²) >= 11 is 0. The molecule has 0 amide bonds. The molecule has 0 N–H and O–H groups in total. The molecule has 0 atom stereocenters. The fraction of sp³-hybridized carbons (Fsp3) is 0.409. The van der Waals surface area contributed by atoms with Crippen molar-refractivity contribution in [1.82, 2.24) is 19.8 Å². The van der Waals surface area contributed by atoms with Crippen molar-refractivity contribution in [3.05, 3.63) is 59.2 Å². The zero-order valence-corrected chi connectivity index (χ0v) is 16.3. The molecule has 1 saturated heterocycles. The molecule has 0 radical (unpaired) electrons. The van der Waals surface area contributed by atoms with Crippen molar-refractivity contribution in [1.29, 1.82) is 0 Å². The second-order valence-electron chi connectivity index (χ2n) is 8.01. The fourth-order valence-corrected chi connectivity index (χ4v) is 4.47. The highest BCUT2D eigenvalue weighted by Crippen LogP contribution is 2.27. The number of nitrogens with zero attached hydrogens (tertiary/aromatic N) is 5. The van der Waals surface area contributed by atoms with Crippen LogP contribution in [0.5, 0.6) is 0 Å². The number of aromatic nitrogens is 2. The van der Waals surface area contributed by atoms with E-state index >= 15 is 0 Å². The molecule has 146 valence electrons. The number of hydrogen-bond acceptors (Lipinski definition) is 4. The van der Waals surface area contributed by atoms with E-state index in [0.717, 1.165) is 63.6 Å². The monoisotopic (exact) mass is 379 g/mol. The predicted molar refractivity (Wildman–Crippen MR) is 110 cm³/mol. The topological polar surface area (TPSA) is 27.5 Å². The van der Waals surface area contributed by atoms with Crippen LogP contribution in [0.1, 0.15) is 16.7 Å². The number of piperazine rings is 1. The van der Waals surface area contributed by atoms with Gasteiger partial charge in [0, 0.05) is 57.7 Å². The van der Waals surface area contributed by atoms with E-state index in [1.165, 1.54) is 16.7 Å². The number of hydrogen-bond donors (Lipinski definition) is 0. The van der Waals surface area contributed by atoms with Crippen LogP contribution in [-0.2, 0) is 13.1 Å². The van der Waals surface area contributed by atoms with Crippen LogP contribution in [0.3, 0.4) is 0 Å². The summed E-state index contributed by atoms with van der Waals surface area (Å²) < 4.78 is 14.0. The van der Waals surface area contributed by atoms with Crippen LogP contribution in [0.15, 0.2) is 42.5 Å². The van der Waals surface area contributed by atoms with Gasteiger partial charge in [0.05, 0.1) is 0 Å². The third-order valence-corrected chi connectivity index (χ3v) is 6.08. The van der Waals surface area contributed by atoms with E-state index in [0.29, 0.717) is 10.4 Å². The minimum absolute atomic E-state index is 0.504. The van der Waals surface area contributed by atoms with Gasteiger partial charge in [-0.2, -0.15) is 0 Å². The van der Waals surface area contributed by atoms with Crippen LogP contribution >= 0.6 is 0 Å². The molecule has 5 rings (SSSR count). The summed E-state index contributed by atoms with van der Waals surface area (Å²) in [7, 11) is 0. The highest BCUT2D eigenvalue weighted by atomic mass is 19.2. The third kappa shape index (κ3) is 3.27. The van der Waals surface area contributed by atoms with Crippen molar-refractivity contribution < 1.29 is 4.48 Å². The Kier molecular flexibility index (Phi) is 4.53. The maximum Gasteiger partial charge on any atom is 0.161 e. The second kappa shape index (κ2) is 7.18. The molecule has 3 aromatic rings. The third-order valence-electron chi connectivity index (χ3n) is 6.08. The number of benzene rings is 2. The highest BCUT2D eigenvalue weighted by Gasteiger charge is 2.23. The SMILES string of the molecule is Cc1ccc2c(c1)CN(CCN1CCN(c3nn(F)c4ccccc34)CC1)C2. The molecule has 28 heavy (non-hydrogen) atoms. The van der Waals surface area contributed by atoms with Crippen LogP contribution in [0.25, 0.3) is 10.9 Å². The lowest BCUT2D eigenvalue weighted by Gasteiger charge is -2.35. The number of anilines is 1. The van der Waals surface area contributed by atoms with E-state index in [1.54, 1.807) is 6.07 Å². The molecule has 0 bridgehead atoms. The molecule has 0 aliphatic carbocycles. The minimum Gasteiger partial charge on any atom is -0.352 e. The van der Waals surface area contributed by atoms with Gasteiger partial charge in [-0.25, -0.2) is 0 Å². The average molecular weight is 379 g/mol. The van der Waals surface area contributed by atoms with E-state index < -0.39 is 0 Å². The summed E-state index contributed by atoms with van der Waals surface area (Å²) in [5.41, 5.74) is 4.85. The van der Waals surface area contributed by atoms with Crippen LogP contribution in [0, 0.1) is 6.92 Å². The molecule has 0 unspecified atom stereocenters. The first kappa shape index (κ1) is 17.6. The maximum atomic E-state index is 14.0. The summed E-state index contributed by atoms with van der Waals surface area (Å²) in [6, 6.07) is 14.3.